The second kappa shape index (κ2) is 7.57. The van der Waals surface area contributed by atoms with Gasteiger partial charge in [0.2, 0.25) is 0 Å². The number of para-hydroxylation sites is 1. The maximum atomic E-state index is 12.1. The molecule has 1 heterocycles. The summed E-state index contributed by atoms with van der Waals surface area (Å²) in [5.41, 5.74) is 3.47. The number of aromatic hydroxyl groups is 1. The number of hydrogen-bond donors (Lipinski definition) is 1. The Labute approximate surface area is 151 Å². The van der Waals surface area contributed by atoms with Gasteiger partial charge in [-0.15, -0.1) is 11.8 Å². The third-order valence-corrected chi connectivity index (χ3v) is 5.22. The molecule has 0 aromatic heterocycles. The molecule has 1 aliphatic heterocycles. The van der Waals surface area contributed by atoms with E-state index >= 15 is 0 Å². The van der Waals surface area contributed by atoms with Crippen LogP contribution in [0, 0.1) is 0 Å². The van der Waals surface area contributed by atoms with Gasteiger partial charge in [-0.2, -0.15) is 0 Å². The number of phenols is 1. The van der Waals surface area contributed by atoms with E-state index in [1.807, 2.05) is 43.3 Å². The smallest absolute Gasteiger partial charge is 0.331 e. The Kier molecular flexibility index (Phi) is 5.24. The highest BCUT2D eigenvalue weighted by Gasteiger charge is 2.25. The van der Waals surface area contributed by atoms with Gasteiger partial charge in [0.1, 0.15) is 5.75 Å². The van der Waals surface area contributed by atoms with Crippen molar-refractivity contribution >= 4 is 29.1 Å². The van der Waals surface area contributed by atoms with Crippen molar-refractivity contribution in [2.75, 3.05) is 6.61 Å². The fourth-order valence-electron chi connectivity index (χ4n) is 2.66. The average Bonchev–Trinajstić information content (AvgIpc) is 2.73. The molecule has 3 rings (SSSR count). The minimum atomic E-state index is -0.373. The van der Waals surface area contributed by atoms with Crippen LogP contribution in [0.15, 0.2) is 70.1 Å². The standard InChI is InChI=1S/C20H19NO3S/c1-3-24-19(23)12-16-13(2)21-17-6-4-5-7-18(17)25-20(16)14-8-10-15(22)11-9-14/h4-12,20,22H,3H2,1-2H3. The molecule has 0 saturated carbocycles. The van der Waals surface area contributed by atoms with Crippen LogP contribution in [-0.2, 0) is 9.53 Å². The molecule has 0 radical (unpaired) electrons. The first-order valence-electron chi connectivity index (χ1n) is 8.07. The van der Waals surface area contributed by atoms with Crippen LogP contribution in [0.5, 0.6) is 5.75 Å². The topological polar surface area (TPSA) is 58.9 Å². The van der Waals surface area contributed by atoms with Crippen molar-refractivity contribution in [3.8, 4) is 5.75 Å². The van der Waals surface area contributed by atoms with E-state index in [0.717, 1.165) is 27.4 Å². The number of benzene rings is 2. The van der Waals surface area contributed by atoms with E-state index in [1.165, 1.54) is 6.08 Å². The number of rotatable bonds is 3. The van der Waals surface area contributed by atoms with Crippen molar-refractivity contribution in [1.29, 1.82) is 0 Å². The molecule has 1 atom stereocenters. The van der Waals surface area contributed by atoms with Crippen LogP contribution in [0.25, 0.3) is 0 Å². The SMILES string of the molecule is CCOC(=O)C=C1C(C)=Nc2ccccc2SC1c1ccc(O)cc1. The molecule has 0 saturated heterocycles. The first-order chi connectivity index (χ1) is 12.1. The predicted octanol–water partition coefficient (Wildman–Crippen LogP) is 4.82. The number of hydrogen-bond acceptors (Lipinski definition) is 5. The van der Waals surface area contributed by atoms with Crippen molar-refractivity contribution in [1.82, 2.24) is 0 Å². The summed E-state index contributed by atoms with van der Waals surface area (Å²) < 4.78 is 5.09. The highest BCUT2D eigenvalue weighted by atomic mass is 32.2. The van der Waals surface area contributed by atoms with E-state index in [9.17, 15) is 9.90 Å². The van der Waals surface area contributed by atoms with E-state index in [-0.39, 0.29) is 17.0 Å². The highest BCUT2D eigenvalue weighted by Crippen LogP contribution is 2.47. The molecule has 0 fully saturated rings. The highest BCUT2D eigenvalue weighted by molar-refractivity contribution is 8.00. The fraction of sp³-hybridized carbons (Fsp3) is 0.200. The second-order valence-electron chi connectivity index (χ2n) is 5.61. The summed E-state index contributed by atoms with van der Waals surface area (Å²) in [7, 11) is 0. The molecule has 2 aromatic carbocycles. The molecule has 1 N–H and O–H groups in total. The molecule has 2 aromatic rings. The summed E-state index contributed by atoms with van der Waals surface area (Å²) >= 11 is 1.64. The second-order valence-corrected chi connectivity index (χ2v) is 6.75. The van der Waals surface area contributed by atoms with Crippen LogP contribution in [0.2, 0.25) is 0 Å². The molecule has 0 aliphatic carbocycles. The van der Waals surface area contributed by atoms with Crippen LogP contribution >= 0.6 is 11.8 Å². The molecule has 1 aliphatic rings. The normalized spacial score (nSPS) is 18.2. The Morgan fingerprint density at radius 2 is 1.96 bits per heavy atom. The number of phenolic OH excluding ortho intramolecular Hbond substituents is 1. The van der Waals surface area contributed by atoms with Crippen LogP contribution in [0.4, 0.5) is 5.69 Å². The van der Waals surface area contributed by atoms with Gasteiger partial charge in [-0.05, 0) is 49.2 Å². The minimum Gasteiger partial charge on any atom is -0.508 e. The van der Waals surface area contributed by atoms with Gasteiger partial charge in [0.05, 0.1) is 17.5 Å². The Bertz CT molecular complexity index is 840. The van der Waals surface area contributed by atoms with Gasteiger partial charge in [-0.25, -0.2) is 4.79 Å². The third kappa shape index (κ3) is 3.94. The first-order valence-corrected chi connectivity index (χ1v) is 8.95. The van der Waals surface area contributed by atoms with E-state index in [0.29, 0.717) is 6.61 Å². The summed E-state index contributed by atoms with van der Waals surface area (Å²) in [5, 5.41) is 9.47. The number of fused-ring (bicyclic) bond motifs is 1. The molecule has 128 valence electrons. The molecule has 1 unspecified atom stereocenters. The number of carbonyl (C=O) groups is 1. The number of esters is 1. The zero-order chi connectivity index (χ0) is 17.8. The molecular weight excluding hydrogens is 334 g/mol. The van der Waals surface area contributed by atoms with Crippen LogP contribution in [0.1, 0.15) is 24.7 Å². The molecule has 0 spiro atoms. The average molecular weight is 353 g/mol. The Balaban J connectivity index is 2.11. The van der Waals surface area contributed by atoms with Gasteiger partial charge >= 0.3 is 5.97 Å². The number of thioether (sulfide) groups is 1. The quantitative estimate of drug-likeness (QED) is 0.635. The Hall–Kier alpha value is -2.53. The van der Waals surface area contributed by atoms with Gasteiger partial charge in [0, 0.05) is 16.7 Å². The molecule has 4 nitrogen and oxygen atoms in total. The maximum absolute atomic E-state index is 12.1. The molecule has 25 heavy (non-hydrogen) atoms. The lowest BCUT2D eigenvalue weighted by Crippen LogP contribution is -2.10. The maximum Gasteiger partial charge on any atom is 0.331 e. The van der Waals surface area contributed by atoms with E-state index < -0.39 is 0 Å². The van der Waals surface area contributed by atoms with Crippen molar-refractivity contribution in [3.63, 3.8) is 0 Å². The lowest BCUT2D eigenvalue weighted by Gasteiger charge is -2.18. The molecular formula is C20H19NO3S. The minimum absolute atomic E-state index is 0.114. The molecule has 5 heteroatoms. The predicted molar refractivity (Wildman–Crippen MR) is 101 cm³/mol. The monoisotopic (exact) mass is 353 g/mol. The Morgan fingerprint density at radius 1 is 1.24 bits per heavy atom. The van der Waals surface area contributed by atoms with Gasteiger partial charge in [0.15, 0.2) is 0 Å². The van der Waals surface area contributed by atoms with Crippen molar-refractivity contribution in [2.45, 2.75) is 24.0 Å². The number of ether oxygens (including phenoxy) is 1. The summed E-state index contributed by atoms with van der Waals surface area (Å²) in [4.78, 5) is 17.8. The van der Waals surface area contributed by atoms with Gasteiger partial charge in [0.25, 0.3) is 0 Å². The lowest BCUT2D eigenvalue weighted by atomic mass is 10.0. The number of aliphatic imine (C=N–C) groups is 1. The van der Waals surface area contributed by atoms with Crippen LogP contribution in [-0.4, -0.2) is 23.4 Å². The third-order valence-electron chi connectivity index (χ3n) is 3.85. The number of nitrogens with zero attached hydrogens (tertiary/aromatic N) is 1. The van der Waals surface area contributed by atoms with E-state index in [2.05, 4.69) is 0 Å². The zero-order valence-electron chi connectivity index (χ0n) is 14.1. The largest absolute Gasteiger partial charge is 0.508 e. The Morgan fingerprint density at radius 3 is 2.68 bits per heavy atom. The van der Waals surface area contributed by atoms with E-state index in [1.54, 1.807) is 30.8 Å². The van der Waals surface area contributed by atoms with Crippen molar-refractivity contribution < 1.29 is 14.6 Å². The van der Waals surface area contributed by atoms with Gasteiger partial charge < -0.3 is 9.84 Å². The zero-order valence-corrected chi connectivity index (χ0v) is 14.9. The number of carbonyl (C=O) groups excluding carboxylic acids is 1. The summed E-state index contributed by atoms with van der Waals surface area (Å²) in [6, 6.07) is 15.0. The summed E-state index contributed by atoms with van der Waals surface area (Å²) in [6.07, 6.45) is 1.53. The lowest BCUT2D eigenvalue weighted by molar-refractivity contribution is -0.137. The summed E-state index contributed by atoms with van der Waals surface area (Å²) in [6.45, 7) is 4.02. The van der Waals surface area contributed by atoms with Gasteiger partial charge in [-0.1, -0.05) is 24.3 Å². The van der Waals surface area contributed by atoms with Gasteiger partial charge in [-0.3, -0.25) is 4.99 Å². The fourth-order valence-corrected chi connectivity index (χ4v) is 3.97. The molecule has 0 bridgehead atoms. The first kappa shape index (κ1) is 17.3. The van der Waals surface area contributed by atoms with Crippen LogP contribution < -0.4 is 0 Å². The van der Waals surface area contributed by atoms with Crippen molar-refractivity contribution in [3.05, 3.63) is 65.7 Å². The van der Waals surface area contributed by atoms with Crippen molar-refractivity contribution in [2.24, 2.45) is 4.99 Å². The van der Waals surface area contributed by atoms with E-state index in [4.69, 9.17) is 9.73 Å². The summed E-state index contributed by atoms with van der Waals surface area (Å²) in [5.74, 6) is -0.161. The molecule has 0 amide bonds. The van der Waals surface area contributed by atoms with Crippen LogP contribution in [0.3, 0.4) is 0 Å².